The molecular formula is C24H28N2O. The van der Waals surface area contributed by atoms with E-state index < -0.39 is 0 Å². The highest BCUT2D eigenvalue weighted by atomic mass is 16.2. The quantitative estimate of drug-likeness (QED) is 0.818. The van der Waals surface area contributed by atoms with Crippen molar-refractivity contribution in [2.45, 2.75) is 57.9 Å². The average Bonchev–Trinajstić information content (AvgIpc) is 2.71. The topological polar surface area (TPSA) is 32.3 Å². The van der Waals surface area contributed by atoms with Gasteiger partial charge in [0, 0.05) is 5.57 Å². The minimum absolute atomic E-state index is 0.0851. The van der Waals surface area contributed by atoms with Crippen LogP contribution >= 0.6 is 0 Å². The van der Waals surface area contributed by atoms with E-state index in [-0.39, 0.29) is 11.9 Å². The van der Waals surface area contributed by atoms with E-state index in [1.54, 1.807) is 0 Å². The Morgan fingerprint density at radius 1 is 1.00 bits per heavy atom. The number of hydrazine groups is 1. The van der Waals surface area contributed by atoms with Crippen LogP contribution in [0.1, 0.15) is 56.6 Å². The molecule has 0 radical (unpaired) electrons. The fraction of sp³-hybridized carbons (Fsp3) is 0.375. The molecule has 0 bridgehead atoms. The molecule has 1 heterocycles. The smallest absolute Gasteiger partial charge is 0.265 e. The van der Waals surface area contributed by atoms with Crippen molar-refractivity contribution in [2.75, 3.05) is 5.01 Å². The first-order valence-corrected chi connectivity index (χ1v) is 10.1. The van der Waals surface area contributed by atoms with Crippen LogP contribution < -0.4 is 10.4 Å². The van der Waals surface area contributed by atoms with Crippen molar-refractivity contribution in [3.05, 3.63) is 76.9 Å². The molecule has 0 saturated heterocycles. The third-order valence-electron chi connectivity index (χ3n) is 5.83. The second kappa shape index (κ2) is 7.59. The van der Waals surface area contributed by atoms with Crippen LogP contribution in [0.15, 0.2) is 65.7 Å². The first-order chi connectivity index (χ1) is 13.1. The van der Waals surface area contributed by atoms with Gasteiger partial charge < -0.3 is 0 Å². The van der Waals surface area contributed by atoms with Crippen molar-refractivity contribution >= 4 is 11.6 Å². The second-order valence-corrected chi connectivity index (χ2v) is 7.97. The third kappa shape index (κ3) is 3.64. The normalized spacial score (nSPS) is 19.9. The van der Waals surface area contributed by atoms with Gasteiger partial charge in [-0.05, 0) is 66.9 Å². The summed E-state index contributed by atoms with van der Waals surface area (Å²) >= 11 is 0. The van der Waals surface area contributed by atoms with Crippen molar-refractivity contribution in [3.63, 3.8) is 0 Å². The predicted octanol–water partition coefficient (Wildman–Crippen LogP) is 5.14. The molecule has 0 spiro atoms. The number of nitrogens with zero attached hydrogens (tertiary/aromatic N) is 1. The Balaban J connectivity index is 1.71. The highest BCUT2D eigenvalue weighted by Crippen LogP contribution is 2.35. The van der Waals surface area contributed by atoms with Crippen molar-refractivity contribution in [1.29, 1.82) is 0 Å². The third-order valence-corrected chi connectivity index (χ3v) is 5.83. The zero-order valence-electron chi connectivity index (χ0n) is 16.2. The van der Waals surface area contributed by atoms with Crippen LogP contribution in [0.25, 0.3) is 0 Å². The number of anilines is 1. The lowest BCUT2D eigenvalue weighted by atomic mass is 9.83. The van der Waals surface area contributed by atoms with Gasteiger partial charge in [0.1, 0.15) is 0 Å². The molecule has 3 nitrogen and oxygen atoms in total. The molecule has 1 N–H and O–H groups in total. The molecule has 2 aliphatic rings. The van der Waals surface area contributed by atoms with E-state index in [9.17, 15) is 4.79 Å². The summed E-state index contributed by atoms with van der Waals surface area (Å²) in [4.78, 5) is 12.8. The summed E-state index contributed by atoms with van der Waals surface area (Å²) in [7, 11) is 0. The molecule has 1 unspecified atom stereocenters. The standard InChI is InChI=1S/C24H28N2O/c1-17(2)19-12-14-20(15-13-19)26-23(16-18-8-4-3-5-9-18)21-10-6-7-11-22(21)24(27)25-26/h3-5,8-9,12-15,17,23H,6-7,10-11,16H2,1-2H3,(H,25,27). The Morgan fingerprint density at radius 3 is 2.41 bits per heavy atom. The van der Waals surface area contributed by atoms with Crippen molar-refractivity contribution < 1.29 is 4.79 Å². The summed E-state index contributed by atoms with van der Waals surface area (Å²) in [5, 5.41) is 2.10. The van der Waals surface area contributed by atoms with Gasteiger partial charge in [0.2, 0.25) is 0 Å². The maximum atomic E-state index is 12.8. The van der Waals surface area contributed by atoms with Crippen LogP contribution in [0.3, 0.4) is 0 Å². The van der Waals surface area contributed by atoms with E-state index in [0.717, 1.165) is 36.9 Å². The van der Waals surface area contributed by atoms with E-state index >= 15 is 0 Å². The van der Waals surface area contributed by atoms with Gasteiger partial charge in [0.05, 0.1) is 11.7 Å². The molecule has 0 fully saturated rings. The van der Waals surface area contributed by atoms with E-state index in [0.29, 0.717) is 5.92 Å². The molecule has 4 rings (SSSR count). The minimum Gasteiger partial charge on any atom is -0.278 e. The highest BCUT2D eigenvalue weighted by Gasteiger charge is 2.35. The van der Waals surface area contributed by atoms with E-state index in [1.165, 1.54) is 23.1 Å². The SMILES string of the molecule is CC(C)c1ccc(N2NC(=O)C3=C(CCCC3)C2Cc2ccccc2)cc1. The maximum absolute atomic E-state index is 12.8. The summed E-state index contributed by atoms with van der Waals surface area (Å²) < 4.78 is 0. The molecule has 0 aromatic heterocycles. The van der Waals surface area contributed by atoms with Gasteiger partial charge in [-0.25, -0.2) is 0 Å². The zero-order valence-corrected chi connectivity index (χ0v) is 16.2. The van der Waals surface area contributed by atoms with Crippen molar-refractivity contribution in [1.82, 2.24) is 5.43 Å². The number of rotatable bonds is 4. The van der Waals surface area contributed by atoms with Crippen LogP contribution in [0.2, 0.25) is 0 Å². The van der Waals surface area contributed by atoms with Crippen LogP contribution in [0.4, 0.5) is 5.69 Å². The number of hydrogen-bond donors (Lipinski definition) is 1. The fourth-order valence-corrected chi connectivity index (χ4v) is 4.28. The first kappa shape index (κ1) is 17.8. The van der Waals surface area contributed by atoms with Gasteiger partial charge in [0.15, 0.2) is 0 Å². The lowest BCUT2D eigenvalue weighted by Crippen LogP contribution is -2.55. The minimum atomic E-state index is 0.0851. The molecular weight excluding hydrogens is 332 g/mol. The molecule has 27 heavy (non-hydrogen) atoms. The fourth-order valence-electron chi connectivity index (χ4n) is 4.28. The molecule has 2 aromatic rings. The number of amides is 1. The molecule has 1 aliphatic carbocycles. The largest absolute Gasteiger partial charge is 0.278 e. The van der Waals surface area contributed by atoms with Gasteiger partial charge in [-0.3, -0.25) is 15.2 Å². The number of carbonyl (C=O) groups is 1. The molecule has 140 valence electrons. The summed E-state index contributed by atoms with van der Waals surface area (Å²) in [5.41, 5.74) is 9.23. The summed E-state index contributed by atoms with van der Waals surface area (Å²) in [6.07, 6.45) is 5.14. The van der Waals surface area contributed by atoms with Crippen molar-refractivity contribution in [2.24, 2.45) is 0 Å². The van der Waals surface area contributed by atoms with Crippen LogP contribution in [0, 0.1) is 0 Å². The summed E-state index contributed by atoms with van der Waals surface area (Å²) in [6.45, 7) is 4.41. The van der Waals surface area contributed by atoms with Gasteiger partial charge in [0.25, 0.3) is 5.91 Å². The maximum Gasteiger partial charge on any atom is 0.265 e. The number of benzene rings is 2. The zero-order chi connectivity index (χ0) is 18.8. The van der Waals surface area contributed by atoms with E-state index in [4.69, 9.17) is 0 Å². The van der Waals surface area contributed by atoms with Gasteiger partial charge in [-0.1, -0.05) is 56.3 Å². The molecule has 1 aliphatic heterocycles. The Bertz CT molecular complexity index is 836. The Kier molecular flexibility index (Phi) is 5.02. The molecule has 3 heteroatoms. The lowest BCUT2D eigenvalue weighted by molar-refractivity contribution is -0.118. The molecule has 2 aromatic carbocycles. The summed E-state index contributed by atoms with van der Waals surface area (Å²) in [5.74, 6) is 0.588. The number of nitrogens with one attached hydrogen (secondary N) is 1. The molecule has 0 saturated carbocycles. The molecule has 1 amide bonds. The van der Waals surface area contributed by atoms with Gasteiger partial charge in [-0.15, -0.1) is 0 Å². The Hall–Kier alpha value is -2.55. The number of hydrogen-bond acceptors (Lipinski definition) is 2. The average molecular weight is 361 g/mol. The Morgan fingerprint density at radius 2 is 1.70 bits per heavy atom. The second-order valence-electron chi connectivity index (χ2n) is 7.97. The molecule has 1 atom stereocenters. The van der Waals surface area contributed by atoms with Crippen molar-refractivity contribution in [3.8, 4) is 0 Å². The van der Waals surface area contributed by atoms with Crippen LogP contribution in [-0.4, -0.2) is 11.9 Å². The lowest BCUT2D eigenvalue weighted by Gasteiger charge is -2.42. The predicted molar refractivity (Wildman–Crippen MR) is 111 cm³/mol. The number of carbonyl (C=O) groups excluding carboxylic acids is 1. The van der Waals surface area contributed by atoms with E-state index in [1.807, 2.05) is 0 Å². The monoisotopic (exact) mass is 360 g/mol. The first-order valence-electron chi connectivity index (χ1n) is 10.1. The highest BCUT2D eigenvalue weighted by molar-refractivity contribution is 5.97. The van der Waals surface area contributed by atoms with Crippen LogP contribution in [0.5, 0.6) is 0 Å². The van der Waals surface area contributed by atoms with Crippen LogP contribution in [-0.2, 0) is 11.2 Å². The Labute approximate surface area is 162 Å². The van der Waals surface area contributed by atoms with E-state index in [2.05, 4.69) is 78.9 Å². The van der Waals surface area contributed by atoms with Gasteiger partial charge >= 0.3 is 0 Å². The van der Waals surface area contributed by atoms with Gasteiger partial charge in [-0.2, -0.15) is 0 Å². The summed E-state index contributed by atoms with van der Waals surface area (Å²) in [6, 6.07) is 19.4.